The number of hydrogen-bond acceptors (Lipinski definition) is 5. The van der Waals surface area contributed by atoms with E-state index in [1.165, 1.54) is 32.1 Å². The number of nitrogens with one attached hydrogen (secondary N) is 2. The third-order valence-electron chi connectivity index (χ3n) is 3.36. The lowest BCUT2D eigenvalue weighted by Gasteiger charge is -2.14. The van der Waals surface area contributed by atoms with E-state index in [-0.39, 0.29) is 5.91 Å². The van der Waals surface area contributed by atoms with Crippen LogP contribution in [0.2, 0.25) is 0 Å². The van der Waals surface area contributed by atoms with Gasteiger partial charge in [-0.05, 0) is 45.0 Å². The molecule has 1 amide bonds. The van der Waals surface area contributed by atoms with Crippen LogP contribution < -0.4 is 16.6 Å². The normalized spacial score (nSPS) is 15.4. The summed E-state index contributed by atoms with van der Waals surface area (Å²) in [5.41, 5.74) is 3.57. The molecule has 6 heteroatoms. The Bertz CT molecular complexity index is 417. The number of likely N-dealkylation sites (tertiary alicyclic amines) is 1. The average molecular weight is 263 g/mol. The van der Waals surface area contributed by atoms with Gasteiger partial charge >= 0.3 is 0 Å². The summed E-state index contributed by atoms with van der Waals surface area (Å²) in [7, 11) is 0. The summed E-state index contributed by atoms with van der Waals surface area (Å²) in [6.07, 6.45) is 6.68. The van der Waals surface area contributed by atoms with Gasteiger partial charge in [-0.25, -0.2) is 0 Å². The fourth-order valence-electron chi connectivity index (χ4n) is 2.31. The molecule has 0 aromatic carbocycles. The van der Waals surface area contributed by atoms with Crippen molar-refractivity contribution in [1.29, 1.82) is 0 Å². The van der Waals surface area contributed by atoms with E-state index in [0.29, 0.717) is 17.8 Å². The zero-order valence-electron chi connectivity index (χ0n) is 11.1. The van der Waals surface area contributed by atoms with Crippen LogP contribution in [0.4, 0.5) is 5.69 Å². The molecule has 2 rings (SSSR count). The fraction of sp³-hybridized carbons (Fsp3) is 0.538. The van der Waals surface area contributed by atoms with Gasteiger partial charge in [-0.2, -0.15) is 0 Å². The molecule has 0 unspecified atom stereocenters. The molecule has 1 fully saturated rings. The first-order chi connectivity index (χ1) is 9.31. The zero-order chi connectivity index (χ0) is 13.5. The molecule has 19 heavy (non-hydrogen) atoms. The molecule has 0 spiro atoms. The first-order valence-corrected chi connectivity index (χ1v) is 6.72. The molecule has 0 radical (unpaired) electrons. The van der Waals surface area contributed by atoms with Gasteiger partial charge in [0.1, 0.15) is 0 Å². The molecular formula is C13H21N5O. The van der Waals surface area contributed by atoms with E-state index in [2.05, 4.69) is 20.6 Å². The second kappa shape index (κ2) is 7.06. The van der Waals surface area contributed by atoms with Crippen molar-refractivity contribution in [3.05, 3.63) is 24.0 Å². The summed E-state index contributed by atoms with van der Waals surface area (Å²) >= 11 is 0. The van der Waals surface area contributed by atoms with E-state index in [1.54, 1.807) is 12.3 Å². The van der Waals surface area contributed by atoms with Crippen molar-refractivity contribution < 1.29 is 4.79 Å². The summed E-state index contributed by atoms with van der Waals surface area (Å²) in [6.45, 7) is 4.11. The number of nitrogens with zero attached hydrogens (tertiary/aromatic N) is 2. The highest BCUT2D eigenvalue weighted by molar-refractivity contribution is 5.99. The Kier molecular flexibility index (Phi) is 5.11. The molecule has 1 aliphatic rings. The van der Waals surface area contributed by atoms with E-state index < -0.39 is 0 Å². The maximum atomic E-state index is 12.0. The van der Waals surface area contributed by atoms with Crippen molar-refractivity contribution in [3.63, 3.8) is 0 Å². The van der Waals surface area contributed by atoms with E-state index in [1.807, 2.05) is 0 Å². The summed E-state index contributed by atoms with van der Waals surface area (Å²) in [4.78, 5) is 18.3. The molecule has 104 valence electrons. The number of pyridine rings is 1. The Labute approximate surface area is 113 Å². The molecule has 0 bridgehead atoms. The van der Waals surface area contributed by atoms with Gasteiger partial charge in [-0.1, -0.05) is 0 Å². The second-order valence-corrected chi connectivity index (χ2v) is 4.72. The number of hydrazine groups is 1. The number of amides is 1. The SMILES string of the molecule is NNc1ccncc1C(=O)NCCCN1CCCC1. The summed E-state index contributed by atoms with van der Waals surface area (Å²) in [5.74, 6) is 5.22. The molecule has 0 saturated carbocycles. The number of hydrogen-bond donors (Lipinski definition) is 3. The number of aromatic nitrogens is 1. The Morgan fingerprint density at radius 3 is 2.95 bits per heavy atom. The first kappa shape index (κ1) is 13.8. The molecule has 0 aliphatic carbocycles. The van der Waals surface area contributed by atoms with E-state index in [4.69, 9.17) is 5.84 Å². The van der Waals surface area contributed by atoms with Gasteiger partial charge in [0.15, 0.2) is 0 Å². The van der Waals surface area contributed by atoms with Gasteiger partial charge < -0.3 is 15.6 Å². The van der Waals surface area contributed by atoms with Crippen molar-refractivity contribution in [2.24, 2.45) is 5.84 Å². The lowest BCUT2D eigenvalue weighted by Crippen LogP contribution is -2.29. The minimum absolute atomic E-state index is 0.137. The molecule has 2 heterocycles. The molecule has 1 aromatic heterocycles. The topological polar surface area (TPSA) is 83.3 Å². The standard InChI is InChI=1S/C13H21N5O/c14-17-12-4-6-15-10-11(12)13(19)16-5-3-9-18-7-1-2-8-18/h4,6,10H,1-3,5,7-9,14H2,(H,15,17)(H,16,19). The third-order valence-corrected chi connectivity index (χ3v) is 3.36. The molecule has 1 aliphatic heterocycles. The van der Waals surface area contributed by atoms with Gasteiger partial charge in [0, 0.05) is 18.9 Å². The summed E-state index contributed by atoms with van der Waals surface area (Å²) < 4.78 is 0. The summed E-state index contributed by atoms with van der Waals surface area (Å²) in [5, 5.41) is 2.90. The maximum absolute atomic E-state index is 12.0. The zero-order valence-corrected chi connectivity index (χ0v) is 11.1. The van der Waals surface area contributed by atoms with Gasteiger partial charge in [0.2, 0.25) is 0 Å². The largest absolute Gasteiger partial charge is 0.352 e. The number of nitrogen functional groups attached to an aromatic ring is 1. The van der Waals surface area contributed by atoms with Gasteiger partial charge in [0.05, 0.1) is 11.3 Å². The van der Waals surface area contributed by atoms with E-state index in [0.717, 1.165) is 13.0 Å². The van der Waals surface area contributed by atoms with Crippen molar-refractivity contribution in [3.8, 4) is 0 Å². The lowest BCUT2D eigenvalue weighted by atomic mass is 10.2. The Hall–Kier alpha value is -1.66. The third kappa shape index (κ3) is 3.90. The van der Waals surface area contributed by atoms with Crippen molar-refractivity contribution in [1.82, 2.24) is 15.2 Å². The van der Waals surface area contributed by atoms with Crippen LogP contribution >= 0.6 is 0 Å². The highest BCUT2D eigenvalue weighted by atomic mass is 16.1. The molecule has 6 nitrogen and oxygen atoms in total. The van der Waals surface area contributed by atoms with Crippen LogP contribution in [-0.2, 0) is 0 Å². The van der Waals surface area contributed by atoms with Crippen molar-refractivity contribution in [2.75, 3.05) is 31.6 Å². The molecule has 1 aromatic rings. The lowest BCUT2D eigenvalue weighted by molar-refractivity contribution is 0.0952. The van der Waals surface area contributed by atoms with E-state index >= 15 is 0 Å². The van der Waals surface area contributed by atoms with Crippen LogP contribution in [0.1, 0.15) is 29.6 Å². The summed E-state index contributed by atoms with van der Waals surface area (Å²) in [6, 6.07) is 1.68. The van der Waals surface area contributed by atoms with Crippen molar-refractivity contribution >= 4 is 11.6 Å². The van der Waals surface area contributed by atoms with Gasteiger partial charge in [-0.15, -0.1) is 0 Å². The molecule has 0 atom stereocenters. The van der Waals surface area contributed by atoms with Gasteiger partial charge in [-0.3, -0.25) is 15.6 Å². The molecule has 1 saturated heterocycles. The number of carbonyl (C=O) groups excluding carboxylic acids is 1. The predicted octanol–water partition coefficient (Wildman–Crippen LogP) is 0.583. The van der Waals surface area contributed by atoms with E-state index in [9.17, 15) is 4.79 Å². The van der Waals surface area contributed by atoms with Crippen LogP contribution in [0.25, 0.3) is 0 Å². The van der Waals surface area contributed by atoms with Gasteiger partial charge in [0.25, 0.3) is 5.91 Å². The van der Waals surface area contributed by atoms with Crippen LogP contribution in [0.5, 0.6) is 0 Å². The second-order valence-electron chi connectivity index (χ2n) is 4.72. The Balaban J connectivity index is 1.74. The predicted molar refractivity (Wildman–Crippen MR) is 74.7 cm³/mol. The minimum atomic E-state index is -0.137. The van der Waals surface area contributed by atoms with Crippen LogP contribution in [0.15, 0.2) is 18.5 Å². The van der Waals surface area contributed by atoms with Crippen LogP contribution in [0.3, 0.4) is 0 Å². The number of carbonyl (C=O) groups is 1. The Morgan fingerprint density at radius 1 is 1.42 bits per heavy atom. The quantitative estimate of drug-likeness (QED) is 0.397. The smallest absolute Gasteiger partial charge is 0.255 e. The molecule has 4 N–H and O–H groups in total. The monoisotopic (exact) mass is 263 g/mol. The maximum Gasteiger partial charge on any atom is 0.255 e. The highest BCUT2D eigenvalue weighted by Gasteiger charge is 2.12. The number of rotatable bonds is 6. The highest BCUT2D eigenvalue weighted by Crippen LogP contribution is 2.11. The fourth-order valence-corrected chi connectivity index (χ4v) is 2.31. The number of anilines is 1. The van der Waals surface area contributed by atoms with Crippen LogP contribution in [-0.4, -0.2) is 42.0 Å². The first-order valence-electron chi connectivity index (χ1n) is 6.72. The Morgan fingerprint density at radius 2 is 2.21 bits per heavy atom. The minimum Gasteiger partial charge on any atom is -0.352 e. The van der Waals surface area contributed by atoms with Crippen LogP contribution in [0, 0.1) is 0 Å². The van der Waals surface area contributed by atoms with Crippen molar-refractivity contribution in [2.45, 2.75) is 19.3 Å². The number of nitrogens with two attached hydrogens (primary N) is 1. The molecular weight excluding hydrogens is 242 g/mol. The average Bonchev–Trinajstić information content (AvgIpc) is 2.96.